The lowest BCUT2D eigenvalue weighted by molar-refractivity contribution is 0.104. The average molecular weight is 333 g/mol. The van der Waals surface area contributed by atoms with E-state index in [0.29, 0.717) is 17.1 Å². The lowest BCUT2D eigenvalue weighted by atomic mass is 10.1. The van der Waals surface area contributed by atoms with Gasteiger partial charge in [0.1, 0.15) is 0 Å². The van der Waals surface area contributed by atoms with Crippen LogP contribution in [0.4, 0.5) is 0 Å². The van der Waals surface area contributed by atoms with E-state index in [1.165, 1.54) is 0 Å². The predicted octanol–water partition coefficient (Wildman–Crippen LogP) is 4.39. The van der Waals surface area contributed by atoms with Crippen LogP contribution in [-0.2, 0) is 0 Å². The van der Waals surface area contributed by atoms with Crippen LogP contribution in [0.1, 0.15) is 15.9 Å². The van der Waals surface area contributed by atoms with Crippen molar-refractivity contribution in [1.29, 1.82) is 0 Å². The summed E-state index contributed by atoms with van der Waals surface area (Å²) >= 11 is 0. The zero-order valence-corrected chi connectivity index (χ0v) is 14.2. The van der Waals surface area contributed by atoms with E-state index in [0.717, 1.165) is 11.3 Å². The maximum absolute atomic E-state index is 12.5. The van der Waals surface area contributed by atoms with E-state index in [1.54, 1.807) is 26.4 Å². The van der Waals surface area contributed by atoms with Gasteiger partial charge in [0.2, 0.25) is 0 Å². The summed E-state index contributed by atoms with van der Waals surface area (Å²) in [6.45, 7) is 0. The molecular weight excluding hydrogens is 314 g/mol. The number of ketones is 1. The molecule has 0 radical (unpaired) electrons. The van der Waals surface area contributed by atoms with Crippen molar-refractivity contribution < 1.29 is 14.3 Å². The highest BCUT2D eigenvalue weighted by Crippen LogP contribution is 2.31. The molecule has 4 nitrogen and oxygen atoms in total. The molecule has 0 N–H and O–H groups in total. The Hall–Kier alpha value is -3.27. The zero-order valence-electron chi connectivity index (χ0n) is 14.2. The van der Waals surface area contributed by atoms with Crippen molar-refractivity contribution in [3.8, 4) is 17.2 Å². The first-order valence-electron chi connectivity index (χ1n) is 7.89. The first-order chi connectivity index (χ1) is 12.2. The fourth-order valence-corrected chi connectivity index (χ4v) is 2.63. The van der Waals surface area contributed by atoms with E-state index in [1.807, 2.05) is 71.6 Å². The van der Waals surface area contributed by atoms with Gasteiger partial charge in [0.25, 0.3) is 0 Å². The largest absolute Gasteiger partial charge is 0.493 e. The summed E-state index contributed by atoms with van der Waals surface area (Å²) in [5, 5.41) is 0. The maximum atomic E-state index is 12.5. The van der Waals surface area contributed by atoms with Gasteiger partial charge in [0, 0.05) is 29.2 Å². The van der Waals surface area contributed by atoms with Crippen LogP contribution in [0.2, 0.25) is 0 Å². The van der Waals surface area contributed by atoms with Gasteiger partial charge in [-0.3, -0.25) is 4.79 Å². The molecule has 3 rings (SSSR count). The third-order valence-electron chi connectivity index (χ3n) is 3.88. The maximum Gasteiger partial charge on any atom is 0.185 e. The molecule has 0 aliphatic rings. The van der Waals surface area contributed by atoms with E-state index in [2.05, 4.69) is 0 Å². The monoisotopic (exact) mass is 333 g/mol. The summed E-state index contributed by atoms with van der Waals surface area (Å²) in [6, 6.07) is 17.0. The Morgan fingerprint density at radius 3 is 2.44 bits per heavy atom. The van der Waals surface area contributed by atoms with Crippen LogP contribution in [0.15, 0.2) is 73.1 Å². The summed E-state index contributed by atoms with van der Waals surface area (Å²) in [4.78, 5) is 12.5. The van der Waals surface area contributed by atoms with Crippen molar-refractivity contribution in [2.75, 3.05) is 14.2 Å². The fourth-order valence-electron chi connectivity index (χ4n) is 2.63. The second-order valence-electron chi connectivity index (χ2n) is 5.42. The molecule has 2 aromatic carbocycles. The number of carbonyl (C=O) groups is 1. The molecular formula is C21H19NO3. The first-order valence-corrected chi connectivity index (χ1v) is 7.89. The molecule has 0 amide bonds. The normalized spacial score (nSPS) is 10.8. The molecule has 0 saturated carbocycles. The molecule has 0 aliphatic carbocycles. The van der Waals surface area contributed by atoms with Crippen LogP contribution in [0.25, 0.3) is 11.8 Å². The molecule has 1 heterocycles. The number of nitrogens with zero attached hydrogens (tertiary/aromatic N) is 1. The van der Waals surface area contributed by atoms with Gasteiger partial charge in [-0.25, -0.2) is 0 Å². The van der Waals surface area contributed by atoms with Crippen molar-refractivity contribution in [3.05, 3.63) is 84.2 Å². The number of carbonyl (C=O) groups excluding carboxylic acids is 1. The lowest BCUT2D eigenvalue weighted by Gasteiger charge is -2.09. The molecule has 0 spiro atoms. The second-order valence-corrected chi connectivity index (χ2v) is 5.42. The minimum atomic E-state index is -0.0705. The summed E-state index contributed by atoms with van der Waals surface area (Å²) in [7, 11) is 3.17. The quantitative estimate of drug-likeness (QED) is 0.496. The Kier molecular flexibility index (Phi) is 5.00. The van der Waals surface area contributed by atoms with E-state index >= 15 is 0 Å². The third kappa shape index (κ3) is 3.63. The summed E-state index contributed by atoms with van der Waals surface area (Å²) in [5.74, 6) is 1.17. The Balaban J connectivity index is 1.86. The molecule has 25 heavy (non-hydrogen) atoms. The number of allylic oxidation sites excluding steroid dienone is 1. The topological polar surface area (TPSA) is 40.5 Å². The lowest BCUT2D eigenvalue weighted by Crippen LogP contribution is -1.98. The fraction of sp³-hybridized carbons (Fsp3) is 0.0952. The third-order valence-corrected chi connectivity index (χ3v) is 3.88. The van der Waals surface area contributed by atoms with Crippen molar-refractivity contribution >= 4 is 11.9 Å². The minimum absolute atomic E-state index is 0.0705. The Labute approximate surface area is 146 Å². The van der Waals surface area contributed by atoms with Crippen molar-refractivity contribution in [2.45, 2.75) is 0 Å². The molecule has 126 valence electrons. The average Bonchev–Trinajstić information content (AvgIpc) is 3.20. The van der Waals surface area contributed by atoms with Crippen LogP contribution in [0, 0.1) is 0 Å². The molecule has 0 unspecified atom stereocenters. The van der Waals surface area contributed by atoms with E-state index in [9.17, 15) is 4.79 Å². The van der Waals surface area contributed by atoms with Crippen molar-refractivity contribution in [2.24, 2.45) is 0 Å². The number of benzene rings is 2. The first kappa shape index (κ1) is 16.6. The number of hydrogen-bond donors (Lipinski definition) is 0. The van der Waals surface area contributed by atoms with Gasteiger partial charge >= 0.3 is 0 Å². The molecule has 0 fully saturated rings. The predicted molar refractivity (Wildman–Crippen MR) is 98.7 cm³/mol. The molecule has 0 bridgehead atoms. The highest BCUT2D eigenvalue weighted by atomic mass is 16.5. The van der Waals surface area contributed by atoms with Gasteiger partial charge in [-0.15, -0.1) is 0 Å². The summed E-state index contributed by atoms with van der Waals surface area (Å²) in [5.41, 5.74) is 2.37. The van der Waals surface area contributed by atoms with Crippen LogP contribution in [0.3, 0.4) is 0 Å². The number of ether oxygens (including phenoxy) is 2. The number of rotatable bonds is 6. The summed E-state index contributed by atoms with van der Waals surface area (Å²) in [6.07, 6.45) is 7.18. The molecule has 0 saturated heterocycles. The molecule has 3 aromatic rings. The second kappa shape index (κ2) is 7.53. The zero-order chi connectivity index (χ0) is 17.6. The molecule has 1 aromatic heterocycles. The van der Waals surface area contributed by atoms with Crippen molar-refractivity contribution in [1.82, 2.24) is 4.57 Å². The van der Waals surface area contributed by atoms with Crippen LogP contribution >= 0.6 is 0 Å². The molecule has 4 heteroatoms. The minimum Gasteiger partial charge on any atom is -0.493 e. The highest BCUT2D eigenvalue weighted by molar-refractivity contribution is 6.07. The van der Waals surface area contributed by atoms with Gasteiger partial charge in [0.05, 0.1) is 14.2 Å². The van der Waals surface area contributed by atoms with Gasteiger partial charge < -0.3 is 14.0 Å². The number of para-hydroxylation sites is 1. The number of aromatic nitrogens is 1. The van der Waals surface area contributed by atoms with Crippen LogP contribution in [-0.4, -0.2) is 24.6 Å². The highest BCUT2D eigenvalue weighted by Gasteiger charge is 2.08. The van der Waals surface area contributed by atoms with E-state index in [-0.39, 0.29) is 5.78 Å². The van der Waals surface area contributed by atoms with Crippen LogP contribution < -0.4 is 9.47 Å². The standard InChI is InChI=1S/C21H19NO3/c1-24-20-10-6-7-16(21(20)25-2)11-12-19(23)17-8-5-9-18(15-17)22-13-3-4-14-22/h3-15H,1-2H3/b12-11+. The van der Waals surface area contributed by atoms with E-state index in [4.69, 9.17) is 9.47 Å². The molecule has 0 aliphatic heterocycles. The van der Waals surface area contributed by atoms with Gasteiger partial charge in [-0.1, -0.05) is 24.3 Å². The number of hydrogen-bond acceptors (Lipinski definition) is 3. The molecule has 0 atom stereocenters. The van der Waals surface area contributed by atoms with Crippen molar-refractivity contribution in [3.63, 3.8) is 0 Å². The van der Waals surface area contributed by atoms with Gasteiger partial charge in [-0.05, 0) is 42.5 Å². The van der Waals surface area contributed by atoms with Gasteiger partial charge in [0.15, 0.2) is 17.3 Å². The Morgan fingerprint density at radius 1 is 0.960 bits per heavy atom. The smallest absolute Gasteiger partial charge is 0.185 e. The summed E-state index contributed by atoms with van der Waals surface area (Å²) < 4.78 is 12.6. The van der Waals surface area contributed by atoms with E-state index < -0.39 is 0 Å². The SMILES string of the molecule is COc1cccc(/C=C/C(=O)c2cccc(-n3cccc3)c2)c1OC. The van der Waals surface area contributed by atoms with Crippen LogP contribution in [0.5, 0.6) is 11.5 Å². The number of methoxy groups -OCH3 is 2. The van der Waals surface area contributed by atoms with Gasteiger partial charge in [-0.2, -0.15) is 0 Å². The Morgan fingerprint density at radius 2 is 1.72 bits per heavy atom. The Bertz CT molecular complexity index is 895.